The van der Waals surface area contributed by atoms with Crippen LogP contribution in [0.4, 0.5) is 4.39 Å². The Morgan fingerprint density at radius 1 is 1.25 bits per heavy atom. The summed E-state index contributed by atoms with van der Waals surface area (Å²) in [5, 5.41) is 0. The molecule has 12 heavy (non-hydrogen) atoms. The highest BCUT2D eigenvalue weighted by Gasteiger charge is 2.00. The first-order valence-corrected chi connectivity index (χ1v) is 3.47. The predicted octanol–water partition coefficient (Wildman–Crippen LogP) is 1.61. The van der Waals surface area contributed by atoms with Crippen LogP contribution >= 0.6 is 0 Å². The van der Waals surface area contributed by atoms with E-state index in [2.05, 4.69) is 15.0 Å². The lowest BCUT2D eigenvalue weighted by molar-refractivity contribution is 0.626. The summed E-state index contributed by atoms with van der Waals surface area (Å²) >= 11 is 0. The van der Waals surface area contributed by atoms with E-state index in [0.717, 1.165) is 0 Å². The van der Waals surface area contributed by atoms with Crippen molar-refractivity contribution >= 4 is 0 Å². The largest absolute Gasteiger partial charge is 0.343 e. The Hall–Kier alpha value is -1.71. The molecule has 0 unspecified atom stereocenters. The van der Waals surface area contributed by atoms with Crippen LogP contribution in [0, 0.1) is 5.82 Å². The molecule has 0 spiro atoms. The maximum absolute atomic E-state index is 12.7. The molecule has 0 saturated carbocycles. The fourth-order valence-electron chi connectivity index (χ4n) is 0.940. The molecule has 2 aromatic rings. The summed E-state index contributed by atoms with van der Waals surface area (Å²) in [6, 6.07) is 2.63. The molecule has 0 fully saturated rings. The highest BCUT2D eigenvalue weighted by molar-refractivity contribution is 5.47. The number of hydrogen-bond donors (Lipinski definition) is 1. The second kappa shape index (κ2) is 2.73. The van der Waals surface area contributed by atoms with Gasteiger partial charge in [-0.25, -0.2) is 9.37 Å². The van der Waals surface area contributed by atoms with Gasteiger partial charge >= 0.3 is 0 Å². The highest BCUT2D eigenvalue weighted by Crippen LogP contribution is 2.10. The fourth-order valence-corrected chi connectivity index (χ4v) is 0.940. The van der Waals surface area contributed by atoms with Crippen molar-refractivity contribution in [3.63, 3.8) is 0 Å². The van der Waals surface area contributed by atoms with Crippen LogP contribution in [-0.2, 0) is 0 Å². The maximum atomic E-state index is 12.7. The van der Waals surface area contributed by atoms with Gasteiger partial charge in [-0.1, -0.05) is 0 Å². The molecule has 0 aliphatic rings. The fraction of sp³-hybridized carbons (Fsp3) is 0. The van der Waals surface area contributed by atoms with Crippen LogP contribution in [0.2, 0.25) is 0 Å². The molecule has 0 saturated heterocycles. The third kappa shape index (κ3) is 1.18. The highest BCUT2D eigenvalue weighted by atomic mass is 19.1. The molecular weight excluding hydrogens is 157 g/mol. The van der Waals surface area contributed by atoms with Crippen molar-refractivity contribution in [1.82, 2.24) is 15.0 Å². The Balaban J connectivity index is 2.48. The van der Waals surface area contributed by atoms with E-state index in [0.29, 0.717) is 11.5 Å². The van der Waals surface area contributed by atoms with Crippen LogP contribution in [0.1, 0.15) is 0 Å². The molecule has 0 amide bonds. The van der Waals surface area contributed by atoms with Crippen LogP contribution < -0.4 is 0 Å². The number of hydrogen-bond acceptors (Lipinski definition) is 2. The molecule has 0 aliphatic heterocycles. The quantitative estimate of drug-likeness (QED) is 0.693. The third-order valence-electron chi connectivity index (χ3n) is 1.46. The van der Waals surface area contributed by atoms with Crippen molar-refractivity contribution < 1.29 is 4.39 Å². The lowest BCUT2D eigenvalue weighted by Crippen LogP contribution is -1.85. The van der Waals surface area contributed by atoms with Gasteiger partial charge in [0.25, 0.3) is 0 Å². The second-order valence-electron chi connectivity index (χ2n) is 2.30. The van der Waals surface area contributed by atoms with E-state index in [-0.39, 0.29) is 5.82 Å². The Bertz CT molecular complexity index is 370. The topological polar surface area (TPSA) is 41.6 Å². The van der Waals surface area contributed by atoms with Gasteiger partial charge in [-0.2, -0.15) is 0 Å². The second-order valence-corrected chi connectivity index (χ2v) is 2.30. The van der Waals surface area contributed by atoms with E-state index >= 15 is 0 Å². The number of halogens is 1. The SMILES string of the molecule is Fc1ccnc(-c2ncc[nH]2)c1. The van der Waals surface area contributed by atoms with E-state index in [1.165, 1.54) is 18.3 Å². The summed E-state index contributed by atoms with van der Waals surface area (Å²) in [6.45, 7) is 0. The standard InChI is InChI=1S/C8H6FN3/c9-6-1-2-10-7(5-6)8-11-3-4-12-8/h1-5H,(H,11,12). The van der Waals surface area contributed by atoms with E-state index in [9.17, 15) is 4.39 Å². The molecular formula is C8H6FN3. The van der Waals surface area contributed by atoms with E-state index < -0.39 is 0 Å². The number of aromatic amines is 1. The zero-order valence-corrected chi connectivity index (χ0v) is 6.16. The number of imidazole rings is 1. The first-order valence-electron chi connectivity index (χ1n) is 3.47. The molecule has 2 heterocycles. The van der Waals surface area contributed by atoms with Crippen molar-refractivity contribution in [2.24, 2.45) is 0 Å². The summed E-state index contributed by atoms with van der Waals surface area (Å²) in [5.41, 5.74) is 0.514. The number of rotatable bonds is 1. The van der Waals surface area contributed by atoms with Crippen LogP contribution in [0.15, 0.2) is 30.7 Å². The zero-order chi connectivity index (χ0) is 8.39. The smallest absolute Gasteiger partial charge is 0.156 e. The molecule has 1 N–H and O–H groups in total. The van der Waals surface area contributed by atoms with Crippen LogP contribution in [-0.4, -0.2) is 15.0 Å². The lowest BCUT2D eigenvalue weighted by atomic mass is 10.3. The predicted molar refractivity (Wildman–Crippen MR) is 41.8 cm³/mol. The first-order chi connectivity index (χ1) is 5.86. The van der Waals surface area contributed by atoms with Gasteiger partial charge in [-0.3, -0.25) is 4.98 Å². The molecule has 60 valence electrons. The lowest BCUT2D eigenvalue weighted by Gasteiger charge is -1.93. The third-order valence-corrected chi connectivity index (χ3v) is 1.46. The Morgan fingerprint density at radius 3 is 2.83 bits per heavy atom. The molecule has 0 bridgehead atoms. The minimum Gasteiger partial charge on any atom is -0.343 e. The molecule has 0 aliphatic carbocycles. The number of pyridine rings is 1. The Labute approximate surface area is 68.3 Å². The van der Waals surface area contributed by atoms with Crippen molar-refractivity contribution in [2.45, 2.75) is 0 Å². The van der Waals surface area contributed by atoms with Crippen molar-refractivity contribution in [3.8, 4) is 11.5 Å². The molecule has 2 aromatic heterocycles. The van der Waals surface area contributed by atoms with Crippen molar-refractivity contribution in [3.05, 3.63) is 36.5 Å². The number of nitrogens with zero attached hydrogens (tertiary/aromatic N) is 2. The van der Waals surface area contributed by atoms with Crippen LogP contribution in [0.3, 0.4) is 0 Å². The minimum absolute atomic E-state index is 0.309. The summed E-state index contributed by atoms with van der Waals surface area (Å²) in [6.07, 6.45) is 4.68. The molecule has 4 heteroatoms. The minimum atomic E-state index is -0.309. The van der Waals surface area contributed by atoms with Gasteiger partial charge in [0.15, 0.2) is 5.82 Å². The maximum Gasteiger partial charge on any atom is 0.156 e. The number of H-pyrrole nitrogens is 1. The summed E-state index contributed by atoms with van der Waals surface area (Å²) in [4.78, 5) is 10.7. The molecule has 0 atom stereocenters. The summed E-state index contributed by atoms with van der Waals surface area (Å²) in [5.74, 6) is 0.269. The van der Waals surface area contributed by atoms with Crippen LogP contribution in [0.25, 0.3) is 11.5 Å². The van der Waals surface area contributed by atoms with E-state index in [4.69, 9.17) is 0 Å². The molecule has 0 radical (unpaired) electrons. The Kier molecular flexibility index (Phi) is 1.59. The molecule has 2 rings (SSSR count). The zero-order valence-electron chi connectivity index (χ0n) is 6.16. The number of aromatic nitrogens is 3. The normalized spacial score (nSPS) is 10.1. The first kappa shape index (κ1) is 6.97. The van der Waals surface area contributed by atoms with Gasteiger partial charge in [0.2, 0.25) is 0 Å². The van der Waals surface area contributed by atoms with Crippen LogP contribution in [0.5, 0.6) is 0 Å². The van der Waals surface area contributed by atoms with Gasteiger partial charge in [0, 0.05) is 24.7 Å². The van der Waals surface area contributed by atoms with E-state index in [1.807, 2.05) is 0 Å². The van der Waals surface area contributed by atoms with Crippen molar-refractivity contribution in [1.29, 1.82) is 0 Å². The van der Waals surface area contributed by atoms with Gasteiger partial charge in [-0.05, 0) is 6.07 Å². The molecule has 0 aromatic carbocycles. The Morgan fingerprint density at radius 2 is 2.17 bits per heavy atom. The van der Waals surface area contributed by atoms with Gasteiger partial charge in [0.1, 0.15) is 11.5 Å². The van der Waals surface area contributed by atoms with Gasteiger partial charge in [0.05, 0.1) is 0 Å². The monoisotopic (exact) mass is 163 g/mol. The summed E-state index contributed by atoms with van der Waals surface area (Å²) in [7, 11) is 0. The number of nitrogens with one attached hydrogen (secondary N) is 1. The average molecular weight is 163 g/mol. The van der Waals surface area contributed by atoms with Gasteiger partial charge in [-0.15, -0.1) is 0 Å². The summed E-state index contributed by atoms with van der Waals surface area (Å²) < 4.78 is 12.7. The average Bonchev–Trinajstić information content (AvgIpc) is 2.56. The van der Waals surface area contributed by atoms with Gasteiger partial charge < -0.3 is 4.98 Å². The van der Waals surface area contributed by atoms with Crippen molar-refractivity contribution in [2.75, 3.05) is 0 Å². The molecule has 3 nitrogen and oxygen atoms in total. The van der Waals surface area contributed by atoms with E-state index in [1.54, 1.807) is 12.4 Å².